The summed E-state index contributed by atoms with van der Waals surface area (Å²) in [5, 5.41) is 11.2. The molecule has 22 heavy (non-hydrogen) atoms. The van der Waals surface area contributed by atoms with Gasteiger partial charge in [0.2, 0.25) is 0 Å². The van der Waals surface area contributed by atoms with Gasteiger partial charge in [0.05, 0.1) is 18.2 Å². The molecule has 0 unspecified atom stereocenters. The molecule has 1 fully saturated rings. The van der Waals surface area contributed by atoms with E-state index in [2.05, 4.69) is 27.4 Å². The molecule has 0 atom stereocenters. The highest BCUT2D eigenvalue weighted by Crippen LogP contribution is 2.44. The van der Waals surface area contributed by atoms with E-state index in [4.69, 9.17) is 10.00 Å². The second-order valence-electron chi connectivity index (χ2n) is 5.87. The zero-order valence-electron chi connectivity index (χ0n) is 12.3. The summed E-state index contributed by atoms with van der Waals surface area (Å²) in [6, 6.07) is 8.05. The van der Waals surface area contributed by atoms with Gasteiger partial charge in [-0.2, -0.15) is 5.26 Å². The smallest absolute Gasteiger partial charge is 0.129 e. The Balaban J connectivity index is 1.55. The topological polar surface area (TPSA) is 49.2 Å². The summed E-state index contributed by atoms with van der Waals surface area (Å²) in [7, 11) is 0. The van der Waals surface area contributed by atoms with Crippen molar-refractivity contribution in [2.45, 2.75) is 24.9 Å². The minimum absolute atomic E-state index is 0.0922. The lowest BCUT2D eigenvalue weighted by Crippen LogP contribution is -2.46. The largest absolute Gasteiger partial charge is 0.369 e. The molecule has 2 aliphatic heterocycles. The van der Waals surface area contributed by atoms with E-state index >= 15 is 0 Å². The Labute approximate surface area is 134 Å². The van der Waals surface area contributed by atoms with Crippen LogP contribution in [0, 0.1) is 11.3 Å². The quantitative estimate of drug-likeness (QED) is 0.812. The molecular weight excluding hydrogens is 294 g/mol. The van der Waals surface area contributed by atoms with Gasteiger partial charge in [0, 0.05) is 24.2 Å². The summed E-state index contributed by atoms with van der Waals surface area (Å²) in [6.45, 7) is 2.66. The van der Waals surface area contributed by atoms with Crippen molar-refractivity contribution in [3.63, 3.8) is 0 Å². The third-order valence-corrected chi connectivity index (χ3v) is 5.82. The minimum atomic E-state index is -0.0922. The summed E-state index contributed by atoms with van der Waals surface area (Å²) in [6.07, 6.45) is 4.72. The van der Waals surface area contributed by atoms with E-state index in [1.165, 1.54) is 10.4 Å². The molecule has 4 nitrogen and oxygen atoms in total. The molecule has 0 amide bonds. The highest BCUT2D eigenvalue weighted by molar-refractivity contribution is 7.10. The molecule has 2 aromatic heterocycles. The van der Waals surface area contributed by atoms with Crippen molar-refractivity contribution in [3.05, 3.63) is 45.8 Å². The lowest BCUT2D eigenvalue weighted by atomic mass is 9.85. The van der Waals surface area contributed by atoms with E-state index in [1.807, 2.05) is 17.4 Å². The highest BCUT2D eigenvalue weighted by atomic mass is 32.1. The average Bonchev–Trinajstić information content (AvgIpc) is 3.06. The van der Waals surface area contributed by atoms with Crippen molar-refractivity contribution in [1.29, 1.82) is 5.26 Å². The van der Waals surface area contributed by atoms with Crippen LogP contribution >= 0.6 is 11.3 Å². The second-order valence-corrected chi connectivity index (χ2v) is 6.79. The molecule has 2 aromatic rings. The first kappa shape index (κ1) is 13.7. The summed E-state index contributed by atoms with van der Waals surface area (Å²) < 4.78 is 6.23. The molecule has 4 heterocycles. The van der Waals surface area contributed by atoms with Gasteiger partial charge in [-0.3, -0.25) is 0 Å². The van der Waals surface area contributed by atoms with Gasteiger partial charge >= 0.3 is 0 Å². The maximum Gasteiger partial charge on any atom is 0.129 e. The molecule has 2 aliphatic rings. The minimum Gasteiger partial charge on any atom is -0.369 e. The van der Waals surface area contributed by atoms with Gasteiger partial charge in [-0.15, -0.1) is 11.3 Å². The number of nitriles is 1. The number of fused-ring (bicyclic) bond motifs is 2. The number of hydrogen-bond acceptors (Lipinski definition) is 5. The standard InChI is InChI=1S/C17H17N3OS/c18-12-13-1-6-19-15(11-13)20-7-4-17(5-8-20)16-14(2-9-21-17)3-10-22-16/h1,3,6,10-11H,2,4-5,7-9H2. The fraction of sp³-hybridized carbons (Fsp3) is 0.412. The van der Waals surface area contributed by atoms with Gasteiger partial charge in [-0.25, -0.2) is 4.98 Å². The fourth-order valence-corrected chi connectivity index (χ4v) is 4.65. The van der Waals surface area contributed by atoms with Crippen LogP contribution in [0.4, 0.5) is 5.82 Å². The first-order chi connectivity index (χ1) is 10.8. The average molecular weight is 311 g/mol. The van der Waals surface area contributed by atoms with Crippen LogP contribution in [0.2, 0.25) is 0 Å². The Bertz CT molecular complexity index is 726. The Hall–Kier alpha value is -1.90. The van der Waals surface area contributed by atoms with Crippen LogP contribution in [-0.4, -0.2) is 24.7 Å². The normalized spacial score (nSPS) is 19.7. The van der Waals surface area contributed by atoms with Crippen LogP contribution in [0.3, 0.4) is 0 Å². The zero-order valence-corrected chi connectivity index (χ0v) is 13.1. The molecule has 112 valence electrons. The van der Waals surface area contributed by atoms with Crippen molar-refractivity contribution in [2.24, 2.45) is 0 Å². The third-order valence-electron chi connectivity index (χ3n) is 4.68. The maximum atomic E-state index is 9.03. The summed E-state index contributed by atoms with van der Waals surface area (Å²) in [5.74, 6) is 0.899. The second kappa shape index (κ2) is 5.38. The summed E-state index contributed by atoms with van der Waals surface area (Å²) in [5.41, 5.74) is 2.04. The summed E-state index contributed by atoms with van der Waals surface area (Å²) >= 11 is 1.83. The van der Waals surface area contributed by atoms with Crippen LogP contribution in [0.25, 0.3) is 0 Å². The van der Waals surface area contributed by atoms with E-state index in [9.17, 15) is 0 Å². The number of thiophene rings is 1. The highest BCUT2D eigenvalue weighted by Gasteiger charge is 2.41. The number of nitrogens with zero attached hydrogens (tertiary/aromatic N) is 3. The number of ether oxygens (including phenoxy) is 1. The molecule has 0 aliphatic carbocycles. The molecule has 5 heteroatoms. The molecule has 0 radical (unpaired) electrons. The van der Waals surface area contributed by atoms with E-state index in [1.54, 1.807) is 12.3 Å². The first-order valence-corrected chi connectivity index (χ1v) is 8.51. The SMILES string of the molecule is N#Cc1ccnc(N2CCC3(CC2)OCCc2ccsc23)c1. The lowest BCUT2D eigenvalue weighted by Gasteiger charge is -2.44. The number of rotatable bonds is 1. The predicted octanol–water partition coefficient (Wildman–Crippen LogP) is 3.08. The number of anilines is 1. The fourth-order valence-electron chi connectivity index (χ4n) is 3.48. The van der Waals surface area contributed by atoms with E-state index in [0.29, 0.717) is 5.56 Å². The van der Waals surface area contributed by atoms with E-state index in [0.717, 1.165) is 44.8 Å². The molecule has 1 spiro atoms. The Morgan fingerprint density at radius 2 is 2.18 bits per heavy atom. The maximum absolute atomic E-state index is 9.03. The van der Waals surface area contributed by atoms with E-state index in [-0.39, 0.29) is 5.60 Å². The number of aromatic nitrogens is 1. The first-order valence-electron chi connectivity index (χ1n) is 7.63. The predicted molar refractivity (Wildman–Crippen MR) is 86.1 cm³/mol. The molecule has 0 aromatic carbocycles. The Morgan fingerprint density at radius 3 is 3.00 bits per heavy atom. The molecule has 4 rings (SSSR count). The van der Waals surface area contributed by atoms with Gasteiger partial charge in [0.25, 0.3) is 0 Å². The lowest BCUT2D eigenvalue weighted by molar-refractivity contribution is -0.0735. The monoisotopic (exact) mass is 311 g/mol. The molecule has 1 saturated heterocycles. The van der Waals surface area contributed by atoms with Crippen molar-refractivity contribution < 1.29 is 4.74 Å². The van der Waals surface area contributed by atoms with Crippen LogP contribution in [0.5, 0.6) is 0 Å². The van der Waals surface area contributed by atoms with Crippen LogP contribution in [-0.2, 0) is 16.8 Å². The number of hydrogen-bond donors (Lipinski definition) is 0. The van der Waals surface area contributed by atoms with Crippen molar-refractivity contribution in [2.75, 3.05) is 24.6 Å². The van der Waals surface area contributed by atoms with Crippen molar-refractivity contribution in [3.8, 4) is 6.07 Å². The number of pyridine rings is 1. The van der Waals surface area contributed by atoms with Crippen LogP contribution < -0.4 is 4.90 Å². The van der Waals surface area contributed by atoms with Crippen molar-refractivity contribution >= 4 is 17.2 Å². The Kier molecular flexibility index (Phi) is 3.36. The Morgan fingerprint density at radius 1 is 1.32 bits per heavy atom. The van der Waals surface area contributed by atoms with Gasteiger partial charge in [-0.05, 0) is 48.4 Å². The van der Waals surface area contributed by atoms with Crippen LogP contribution in [0.1, 0.15) is 28.8 Å². The molecular formula is C17H17N3OS. The zero-order chi connectivity index (χ0) is 15.0. The van der Waals surface area contributed by atoms with E-state index < -0.39 is 0 Å². The van der Waals surface area contributed by atoms with Gasteiger partial charge < -0.3 is 9.64 Å². The van der Waals surface area contributed by atoms with Crippen molar-refractivity contribution in [1.82, 2.24) is 4.98 Å². The molecule has 0 saturated carbocycles. The number of piperidine rings is 1. The molecule has 0 N–H and O–H groups in total. The third kappa shape index (κ3) is 2.20. The molecule has 0 bridgehead atoms. The van der Waals surface area contributed by atoms with Gasteiger partial charge in [-0.1, -0.05) is 0 Å². The van der Waals surface area contributed by atoms with Gasteiger partial charge in [0.15, 0.2) is 0 Å². The van der Waals surface area contributed by atoms with Crippen LogP contribution in [0.15, 0.2) is 29.8 Å². The van der Waals surface area contributed by atoms with Gasteiger partial charge in [0.1, 0.15) is 11.4 Å². The summed E-state index contributed by atoms with van der Waals surface area (Å²) in [4.78, 5) is 8.10.